The van der Waals surface area contributed by atoms with Crippen molar-refractivity contribution in [2.75, 3.05) is 27.4 Å². The van der Waals surface area contributed by atoms with Crippen LogP contribution in [0.5, 0.6) is 11.5 Å². The molecule has 1 heterocycles. The minimum Gasteiger partial charge on any atom is -0.508 e. The molecule has 4 rings (SSSR count). The van der Waals surface area contributed by atoms with Crippen molar-refractivity contribution in [2.24, 2.45) is 23.7 Å². The summed E-state index contributed by atoms with van der Waals surface area (Å²) in [6.07, 6.45) is 11.2. The fourth-order valence-corrected chi connectivity index (χ4v) is 7.74. The molecule has 11 heteroatoms. The van der Waals surface area contributed by atoms with Crippen LogP contribution in [0.4, 0.5) is 22.7 Å². The summed E-state index contributed by atoms with van der Waals surface area (Å²) in [6.45, 7) is 7.12. The molecule has 0 radical (unpaired) electrons. The van der Waals surface area contributed by atoms with E-state index in [4.69, 9.17) is 0 Å². The molecule has 11 nitrogen and oxygen atoms in total. The zero-order valence-electron chi connectivity index (χ0n) is 34.1. The van der Waals surface area contributed by atoms with Crippen LogP contribution in [0, 0.1) is 23.7 Å². The van der Waals surface area contributed by atoms with Crippen molar-refractivity contribution in [2.45, 2.75) is 123 Å². The highest BCUT2D eigenvalue weighted by molar-refractivity contribution is 6.00. The zero-order valence-corrected chi connectivity index (χ0v) is 34.1. The molecule has 6 N–H and O–H groups in total. The van der Waals surface area contributed by atoms with Crippen LogP contribution >= 0.6 is 0 Å². The molecular formula is C46H64N4O7. The molecule has 1 fully saturated rings. The van der Waals surface area contributed by atoms with Gasteiger partial charge in [0.25, 0.3) is 0 Å². The van der Waals surface area contributed by atoms with Gasteiger partial charge in [0, 0.05) is 65.2 Å². The van der Waals surface area contributed by atoms with E-state index >= 15 is 0 Å². The Morgan fingerprint density at radius 1 is 0.632 bits per heavy atom. The standard InChI is InChI=1S/C46H64N4O7/c1-4-7-8-9-10-13-25-41(45(55)49-36-21-17-24-40(52)30-36)42(44(54)48-34-19-15-22-38(28-34)50-31-37(50)6-3)26-14-11-12-18-33(27-32(5-2)46(56)57)43(53)47-35-20-16-23-39(51)29-35/h15-17,19-24,28-30,32-33,37,41-42,51-52H,4-14,18,25-27,31H2,1-3H3,(H,47,53)(H,48,54)(H,49,55)(H,56,57). The molecule has 3 amide bonds. The number of benzene rings is 3. The van der Waals surface area contributed by atoms with Gasteiger partial charge in [-0.1, -0.05) is 96.8 Å². The van der Waals surface area contributed by atoms with Gasteiger partial charge >= 0.3 is 5.97 Å². The van der Waals surface area contributed by atoms with E-state index in [9.17, 15) is 34.5 Å². The average Bonchev–Trinajstić information content (AvgIpc) is 3.98. The Hall–Kier alpha value is -5.06. The number of phenolic OH excluding ortho intramolecular Hbond substituents is 2. The first kappa shape index (κ1) is 44.7. The number of aromatic hydroxyl groups is 2. The van der Waals surface area contributed by atoms with Crippen molar-refractivity contribution in [1.82, 2.24) is 0 Å². The monoisotopic (exact) mass is 784 g/mol. The summed E-state index contributed by atoms with van der Waals surface area (Å²) >= 11 is 0. The number of nitrogens with one attached hydrogen (secondary N) is 3. The van der Waals surface area contributed by atoms with Crippen molar-refractivity contribution >= 4 is 46.4 Å². The number of anilines is 4. The summed E-state index contributed by atoms with van der Waals surface area (Å²) in [5.41, 5.74) is 2.64. The maximum Gasteiger partial charge on any atom is 0.306 e. The topological polar surface area (TPSA) is 168 Å². The van der Waals surface area contributed by atoms with Crippen molar-refractivity contribution < 1.29 is 34.5 Å². The van der Waals surface area contributed by atoms with Gasteiger partial charge in [-0.25, -0.2) is 0 Å². The van der Waals surface area contributed by atoms with Crippen molar-refractivity contribution in [3.05, 3.63) is 72.8 Å². The first-order chi connectivity index (χ1) is 27.5. The summed E-state index contributed by atoms with van der Waals surface area (Å²) in [5, 5.41) is 38.8. The van der Waals surface area contributed by atoms with Gasteiger partial charge in [-0.05, 0) is 81.0 Å². The first-order valence-corrected chi connectivity index (χ1v) is 21.1. The molecule has 0 saturated carbocycles. The first-order valence-electron chi connectivity index (χ1n) is 21.1. The van der Waals surface area contributed by atoms with Crippen LogP contribution in [-0.2, 0) is 19.2 Å². The number of rotatable bonds is 26. The van der Waals surface area contributed by atoms with E-state index in [0.29, 0.717) is 68.0 Å². The smallest absolute Gasteiger partial charge is 0.306 e. The van der Waals surface area contributed by atoms with Crippen LogP contribution in [0.2, 0.25) is 0 Å². The minimum absolute atomic E-state index is 0.0174. The number of aliphatic carboxylic acids is 1. The number of phenols is 2. The van der Waals surface area contributed by atoms with E-state index in [1.807, 2.05) is 24.3 Å². The number of carbonyl (C=O) groups excluding carboxylic acids is 3. The van der Waals surface area contributed by atoms with Crippen LogP contribution in [0.3, 0.4) is 0 Å². The lowest BCUT2D eigenvalue weighted by molar-refractivity contribution is -0.142. The Morgan fingerprint density at radius 2 is 1.12 bits per heavy atom. The average molecular weight is 785 g/mol. The molecule has 1 saturated heterocycles. The number of carboxylic acids is 1. The summed E-state index contributed by atoms with van der Waals surface area (Å²) in [5.74, 6) is -4.17. The molecule has 310 valence electrons. The Bertz CT molecular complexity index is 1750. The Labute approximate surface area is 338 Å². The number of amides is 3. The van der Waals surface area contributed by atoms with Gasteiger partial charge in [-0.15, -0.1) is 0 Å². The zero-order chi connectivity index (χ0) is 41.2. The number of carbonyl (C=O) groups is 4. The molecular weight excluding hydrogens is 721 g/mol. The molecule has 1 aliphatic heterocycles. The lowest BCUT2D eigenvalue weighted by Gasteiger charge is -2.26. The fourth-order valence-electron chi connectivity index (χ4n) is 7.74. The highest BCUT2D eigenvalue weighted by Crippen LogP contribution is 2.33. The van der Waals surface area contributed by atoms with Crippen molar-refractivity contribution in [3.8, 4) is 11.5 Å². The number of unbranched alkanes of at least 4 members (excludes halogenated alkanes) is 7. The van der Waals surface area contributed by atoms with Gasteiger partial charge in [-0.2, -0.15) is 0 Å². The lowest BCUT2D eigenvalue weighted by atomic mass is 9.82. The van der Waals surface area contributed by atoms with Crippen LogP contribution in [-0.4, -0.2) is 51.6 Å². The van der Waals surface area contributed by atoms with E-state index < -0.39 is 29.6 Å². The van der Waals surface area contributed by atoms with Gasteiger partial charge in [0.2, 0.25) is 17.7 Å². The highest BCUT2D eigenvalue weighted by atomic mass is 16.4. The second-order valence-electron chi connectivity index (χ2n) is 15.6. The van der Waals surface area contributed by atoms with Crippen molar-refractivity contribution in [1.29, 1.82) is 0 Å². The molecule has 5 atom stereocenters. The SMILES string of the molecule is CCCCCCCCC(C(=O)Nc1cccc(O)c1)C(CCCCCC(CC(CC)C(=O)O)C(=O)Nc1cccc(O)c1)C(=O)Nc1cccc(N2CC2CC)c1. The maximum atomic E-state index is 14.4. The third-order valence-corrected chi connectivity index (χ3v) is 11.2. The van der Waals surface area contributed by atoms with Crippen LogP contribution < -0.4 is 20.9 Å². The van der Waals surface area contributed by atoms with E-state index in [1.165, 1.54) is 18.2 Å². The van der Waals surface area contributed by atoms with E-state index in [0.717, 1.165) is 57.2 Å². The molecule has 3 aromatic carbocycles. The van der Waals surface area contributed by atoms with Gasteiger partial charge in [0.05, 0.1) is 5.92 Å². The van der Waals surface area contributed by atoms with Crippen LogP contribution in [0.15, 0.2) is 72.8 Å². The second-order valence-corrected chi connectivity index (χ2v) is 15.6. The predicted octanol–water partition coefficient (Wildman–Crippen LogP) is 9.96. The van der Waals surface area contributed by atoms with Crippen LogP contribution in [0.25, 0.3) is 0 Å². The predicted molar refractivity (Wildman–Crippen MR) is 228 cm³/mol. The third-order valence-electron chi connectivity index (χ3n) is 11.2. The number of hydrogen-bond donors (Lipinski definition) is 6. The van der Waals surface area contributed by atoms with E-state index in [2.05, 4.69) is 34.7 Å². The summed E-state index contributed by atoms with van der Waals surface area (Å²) in [6, 6.07) is 21.0. The van der Waals surface area contributed by atoms with Crippen LogP contribution in [0.1, 0.15) is 117 Å². The van der Waals surface area contributed by atoms with Gasteiger partial charge < -0.3 is 36.2 Å². The van der Waals surface area contributed by atoms with Gasteiger partial charge in [0.15, 0.2) is 0 Å². The molecule has 1 aliphatic rings. The largest absolute Gasteiger partial charge is 0.508 e. The highest BCUT2D eigenvalue weighted by Gasteiger charge is 2.35. The molecule has 57 heavy (non-hydrogen) atoms. The van der Waals surface area contributed by atoms with E-state index in [-0.39, 0.29) is 35.6 Å². The summed E-state index contributed by atoms with van der Waals surface area (Å²) < 4.78 is 0. The van der Waals surface area contributed by atoms with Gasteiger partial charge in [-0.3, -0.25) is 19.2 Å². The van der Waals surface area contributed by atoms with Gasteiger partial charge in [0.1, 0.15) is 11.5 Å². The Balaban J connectivity index is 1.51. The minimum atomic E-state index is -0.938. The number of carboxylic acid groups (broad SMARTS) is 1. The molecule has 0 aromatic heterocycles. The molecule has 0 bridgehead atoms. The van der Waals surface area contributed by atoms with Crippen molar-refractivity contribution in [3.63, 3.8) is 0 Å². The fraction of sp³-hybridized carbons (Fsp3) is 0.522. The quantitative estimate of drug-likeness (QED) is 0.0345. The summed E-state index contributed by atoms with van der Waals surface area (Å²) in [7, 11) is 0. The summed E-state index contributed by atoms with van der Waals surface area (Å²) in [4.78, 5) is 56.2. The number of hydrogen-bond acceptors (Lipinski definition) is 7. The Morgan fingerprint density at radius 3 is 1.63 bits per heavy atom. The molecule has 0 spiro atoms. The maximum absolute atomic E-state index is 14.4. The normalized spacial score (nSPS) is 15.6. The molecule has 3 aromatic rings. The van der Waals surface area contributed by atoms with E-state index in [1.54, 1.807) is 37.3 Å². The molecule has 5 unspecified atom stereocenters. The molecule has 0 aliphatic carbocycles. The lowest BCUT2D eigenvalue weighted by Crippen LogP contribution is -2.37. The second kappa shape index (κ2) is 23.2. The third kappa shape index (κ3) is 14.8. The number of nitrogens with zero attached hydrogens (tertiary/aromatic N) is 1. The Kier molecular flexibility index (Phi) is 18.2.